The fraction of sp³-hybridized carbons (Fsp3) is 0.278. The Kier molecular flexibility index (Phi) is 7.29. The van der Waals surface area contributed by atoms with Crippen LogP contribution in [0.3, 0.4) is 0 Å². The van der Waals surface area contributed by atoms with E-state index < -0.39 is 0 Å². The summed E-state index contributed by atoms with van der Waals surface area (Å²) in [7, 11) is 0. The van der Waals surface area contributed by atoms with E-state index in [1.54, 1.807) is 6.20 Å². The summed E-state index contributed by atoms with van der Waals surface area (Å²) >= 11 is 1.30. The van der Waals surface area contributed by atoms with E-state index in [9.17, 15) is 9.59 Å². The van der Waals surface area contributed by atoms with E-state index in [4.69, 9.17) is 0 Å². The molecule has 0 atom stereocenters. The molecule has 0 saturated carbocycles. The molecule has 126 valence electrons. The van der Waals surface area contributed by atoms with Crippen LogP contribution < -0.4 is 10.6 Å². The number of hydrogen-bond acceptors (Lipinski definition) is 4. The lowest BCUT2D eigenvalue weighted by Gasteiger charge is -2.06. The molecule has 0 aliphatic rings. The van der Waals surface area contributed by atoms with Gasteiger partial charge in [-0.25, -0.2) is 0 Å². The van der Waals surface area contributed by atoms with E-state index >= 15 is 0 Å². The Morgan fingerprint density at radius 2 is 1.79 bits per heavy atom. The molecule has 0 unspecified atom stereocenters. The maximum absolute atomic E-state index is 11.8. The number of aryl methyl sites for hydroxylation is 1. The van der Waals surface area contributed by atoms with Crippen molar-refractivity contribution in [1.82, 2.24) is 10.3 Å². The van der Waals surface area contributed by atoms with Crippen LogP contribution >= 0.6 is 11.8 Å². The topological polar surface area (TPSA) is 71.1 Å². The van der Waals surface area contributed by atoms with Gasteiger partial charge < -0.3 is 10.6 Å². The first-order valence-corrected chi connectivity index (χ1v) is 8.90. The van der Waals surface area contributed by atoms with Crippen molar-refractivity contribution in [1.29, 1.82) is 0 Å². The van der Waals surface area contributed by atoms with Gasteiger partial charge in [-0.2, -0.15) is 0 Å². The molecule has 2 aromatic rings. The highest BCUT2D eigenvalue weighted by atomic mass is 32.2. The van der Waals surface area contributed by atoms with Gasteiger partial charge in [0.2, 0.25) is 11.8 Å². The molecule has 24 heavy (non-hydrogen) atoms. The largest absolute Gasteiger partial charge is 0.355 e. The minimum atomic E-state index is -0.106. The molecule has 6 heteroatoms. The van der Waals surface area contributed by atoms with Crippen molar-refractivity contribution in [3.63, 3.8) is 0 Å². The second-order valence-corrected chi connectivity index (χ2v) is 6.31. The van der Waals surface area contributed by atoms with Crippen molar-refractivity contribution in [2.45, 2.75) is 13.3 Å². The summed E-state index contributed by atoms with van der Waals surface area (Å²) < 4.78 is 0. The number of hydrogen-bond donors (Lipinski definition) is 2. The number of anilines is 1. The third-order valence-corrected chi connectivity index (χ3v) is 4.16. The Morgan fingerprint density at radius 1 is 1.04 bits per heavy atom. The van der Waals surface area contributed by atoms with Crippen LogP contribution in [0.15, 0.2) is 48.7 Å². The number of carbonyl (C=O) groups is 2. The summed E-state index contributed by atoms with van der Waals surface area (Å²) in [6.07, 6.45) is 2.44. The van der Waals surface area contributed by atoms with Crippen LogP contribution in [0.5, 0.6) is 0 Å². The van der Waals surface area contributed by atoms with Crippen molar-refractivity contribution in [2.75, 3.05) is 23.4 Å². The highest BCUT2D eigenvalue weighted by Gasteiger charge is 2.06. The highest BCUT2D eigenvalue weighted by molar-refractivity contribution is 8.00. The Balaban J connectivity index is 1.58. The summed E-state index contributed by atoms with van der Waals surface area (Å²) in [6.45, 7) is 2.54. The average Bonchev–Trinajstić information content (AvgIpc) is 2.58. The molecule has 5 nitrogen and oxygen atoms in total. The van der Waals surface area contributed by atoms with Crippen molar-refractivity contribution >= 4 is 29.3 Å². The number of carbonyl (C=O) groups excluding carboxylic acids is 2. The minimum absolute atomic E-state index is 0.0703. The Bertz CT molecular complexity index is 660. The normalized spacial score (nSPS) is 10.2. The number of nitrogens with zero attached hydrogens (tertiary/aromatic N) is 1. The average molecular weight is 343 g/mol. The van der Waals surface area contributed by atoms with Crippen LogP contribution in [-0.4, -0.2) is 34.8 Å². The smallest absolute Gasteiger partial charge is 0.234 e. The maximum atomic E-state index is 11.8. The summed E-state index contributed by atoms with van der Waals surface area (Å²) in [4.78, 5) is 27.7. The van der Waals surface area contributed by atoms with Gasteiger partial charge in [0, 0.05) is 30.5 Å². The molecule has 2 amide bonds. The van der Waals surface area contributed by atoms with Crippen molar-refractivity contribution in [3.05, 3.63) is 59.9 Å². The molecule has 0 bridgehead atoms. The summed E-state index contributed by atoms with van der Waals surface area (Å²) in [5, 5.41) is 5.64. The number of rotatable bonds is 8. The van der Waals surface area contributed by atoms with Gasteiger partial charge in [0.05, 0.1) is 11.5 Å². The summed E-state index contributed by atoms with van der Waals surface area (Å²) in [6, 6.07) is 13.3. The van der Waals surface area contributed by atoms with Gasteiger partial charge in [0.15, 0.2) is 0 Å². The maximum Gasteiger partial charge on any atom is 0.234 e. The Morgan fingerprint density at radius 3 is 2.50 bits per heavy atom. The molecule has 0 aliphatic carbocycles. The molecule has 0 aliphatic heterocycles. The molecule has 0 radical (unpaired) electrons. The van der Waals surface area contributed by atoms with Crippen LogP contribution in [-0.2, 0) is 16.0 Å². The monoisotopic (exact) mass is 343 g/mol. The fourth-order valence-corrected chi connectivity index (χ4v) is 2.64. The number of amides is 2. The predicted molar refractivity (Wildman–Crippen MR) is 98.1 cm³/mol. The van der Waals surface area contributed by atoms with Crippen LogP contribution in [0.25, 0.3) is 0 Å². The molecule has 1 aromatic heterocycles. The fourth-order valence-electron chi connectivity index (χ4n) is 2.00. The van der Waals surface area contributed by atoms with Crippen molar-refractivity contribution < 1.29 is 9.59 Å². The molecule has 2 rings (SSSR count). The summed E-state index contributed by atoms with van der Waals surface area (Å²) in [5.74, 6) is 0.342. The van der Waals surface area contributed by atoms with Crippen LogP contribution in [0.1, 0.15) is 11.3 Å². The van der Waals surface area contributed by atoms with Crippen molar-refractivity contribution in [2.24, 2.45) is 0 Å². The Hall–Kier alpha value is -2.34. The first kappa shape index (κ1) is 18.0. The highest BCUT2D eigenvalue weighted by Crippen LogP contribution is 2.09. The van der Waals surface area contributed by atoms with E-state index in [0.29, 0.717) is 13.0 Å². The van der Waals surface area contributed by atoms with Crippen LogP contribution in [0.4, 0.5) is 5.69 Å². The van der Waals surface area contributed by atoms with E-state index in [1.165, 1.54) is 11.8 Å². The number of thioether (sulfide) groups is 1. The summed E-state index contributed by atoms with van der Waals surface area (Å²) in [5.41, 5.74) is 2.86. The molecule has 0 fully saturated rings. The third-order valence-electron chi connectivity index (χ3n) is 3.23. The molecular formula is C18H21N3O2S. The van der Waals surface area contributed by atoms with E-state index in [-0.39, 0.29) is 23.3 Å². The SMILES string of the molecule is Cc1ccc(NC(=O)CSCC(=O)NCCc2ccccn2)cc1. The molecule has 0 saturated heterocycles. The first-order chi connectivity index (χ1) is 11.6. The molecule has 2 N–H and O–H groups in total. The van der Waals surface area contributed by atoms with Gasteiger partial charge >= 0.3 is 0 Å². The molecule has 0 spiro atoms. The predicted octanol–water partition coefficient (Wildman–Crippen LogP) is 2.42. The van der Waals surface area contributed by atoms with Crippen molar-refractivity contribution in [3.8, 4) is 0 Å². The minimum Gasteiger partial charge on any atom is -0.355 e. The Labute approximate surface area is 146 Å². The van der Waals surface area contributed by atoms with Gasteiger partial charge in [0.25, 0.3) is 0 Å². The van der Waals surface area contributed by atoms with Gasteiger partial charge in [-0.1, -0.05) is 23.8 Å². The standard InChI is InChI=1S/C18H21N3O2S/c1-14-5-7-16(8-6-14)21-18(23)13-24-12-17(22)20-11-9-15-4-2-3-10-19-15/h2-8,10H,9,11-13H2,1H3,(H,20,22)(H,21,23). The zero-order valence-electron chi connectivity index (χ0n) is 13.6. The first-order valence-electron chi connectivity index (χ1n) is 7.74. The number of nitrogens with one attached hydrogen (secondary N) is 2. The second kappa shape index (κ2) is 9.72. The van der Waals surface area contributed by atoms with Gasteiger partial charge in [0.1, 0.15) is 0 Å². The third kappa shape index (κ3) is 6.83. The van der Waals surface area contributed by atoms with E-state index in [0.717, 1.165) is 16.9 Å². The molecule has 1 aromatic carbocycles. The molecular weight excluding hydrogens is 322 g/mol. The number of aromatic nitrogens is 1. The van der Waals surface area contributed by atoms with E-state index in [2.05, 4.69) is 15.6 Å². The zero-order chi connectivity index (χ0) is 17.2. The van der Waals surface area contributed by atoms with Gasteiger partial charge in [-0.3, -0.25) is 14.6 Å². The lowest BCUT2D eigenvalue weighted by Crippen LogP contribution is -2.28. The molecule has 1 heterocycles. The van der Waals surface area contributed by atoms with Crippen LogP contribution in [0.2, 0.25) is 0 Å². The lowest BCUT2D eigenvalue weighted by molar-refractivity contribution is -0.118. The van der Waals surface area contributed by atoms with Gasteiger partial charge in [-0.05, 0) is 31.2 Å². The van der Waals surface area contributed by atoms with E-state index in [1.807, 2.05) is 49.4 Å². The van der Waals surface area contributed by atoms with Crippen LogP contribution in [0, 0.1) is 6.92 Å². The number of pyridine rings is 1. The quantitative estimate of drug-likeness (QED) is 0.772. The zero-order valence-corrected chi connectivity index (χ0v) is 14.4. The second-order valence-electron chi connectivity index (χ2n) is 5.33. The van der Waals surface area contributed by atoms with Gasteiger partial charge in [-0.15, -0.1) is 11.8 Å². The number of benzene rings is 1. The lowest BCUT2D eigenvalue weighted by atomic mass is 10.2.